The Labute approximate surface area is 128 Å². The second kappa shape index (κ2) is 5.90. The van der Waals surface area contributed by atoms with Crippen LogP contribution in [0.4, 0.5) is 0 Å². The molecule has 0 N–H and O–H groups in total. The van der Waals surface area contributed by atoms with Crippen molar-refractivity contribution in [3.8, 4) is 6.07 Å². The van der Waals surface area contributed by atoms with Crippen LogP contribution in [0.2, 0.25) is 5.02 Å². The monoisotopic (exact) mass is 324 g/mol. The predicted octanol–water partition coefficient (Wildman–Crippen LogP) is 2.93. The van der Waals surface area contributed by atoms with Gasteiger partial charge in [0.25, 0.3) is 0 Å². The third kappa shape index (κ3) is 3.10. The van der Waals surface area contributed by atoms with E-state index in [1.165, 1.54) is 35.8 Å². The minimum Gasteiger partial charge on any atom is -0.469 e. The van der Waals surface area contributed by atoms with Crippen LogP contribution in [0.3, 0.4) is 0 Å². The van der Waals surface area contributed by atoms with Crippen molar-refractivity contribution in [1.29, 1.82) is 5.26 Å². The molecule has 0 fully saturated rings. The van der Waals surface area contributed by atoms with Gasteiger partial charge in [-0.05, 0) is 31.2 Å². The molecule has 110 valence electrons. The van der Waals surface area contributed by atoms with Crippen molar-refractivity contribution in [3.63, 3.8) is 0 Å². The number of rotatable bonds is 4. The minimum atomic E-state index is -3.79. The number of nitriles is 1. The molecule has 0 amide bonds. The molecule has 5 nitrogen and oxygen atoms in total. The van der Waals surface area contributed by atoms with Crippen LogP contribution in [-0.4, -0.2) is 19.8 Å². The lowest BCUT2D eigenvalue weighted by molar-refractivity contribution is 0.459. The first-order valence-electron chi connectivity index (χ1n) is 6.05. The maximum absolute atomic E-state index is 12.6. The topological polar surface area (TPSA) is 74.3 Å². The van der Waals surface area contributed by atoms with Gasteiger partial charge in [0.2, 0.25) is 10.0 Å². The van der Waals surface area contributed by atoms with E-state index < -0.39 is 10.0 Å². The summed E-state index contributed by atoms with van der Waals surface area (Å²) >= 11 is 5.96. The molecule has 0 aliphatic rings. The molecule has 21 heavy (non-hydrogen) atoms. The minimum absolute atomic E-state index is 0.0770. The van der Waals surface area contributed by atoms with Gasteiger partial charge in [-0.15, -0.1) is 0 Å². The first-order chi connectivity index (χ1) is 9.86. The number of benzene rings is 1. The first-order valence-corrected chi connectivity index (χ1v) is 7.87. The standard InChI is InChI=1S/C14H13ClN2O3S/c1-10-12(5-6-20-10)9-17(2)21(18,19)14-7-11(8-16)3-4-13(14)15/h3-7H,9H2,1-2H3. The molecule has 7 heteroatoms. The lowest BCUT2D eigenvalue weighted by atomic mass is 10.2. The van der Waals surface area contributed by atoms with Gasteiger partial charge in [0.05, 0.1) is 22.9 Å². The smallest absolute Gasteiger partial charge is 0.244 e. The molecule has 0 saturated heterocycles. The molecule has 0 aliphatic heterocycles. The normalized spacial score (nSPS) is 11.6. The summed E-state index contributed by atoms with van der Waals surface area (Å²) in [6.07, 6.45) is 1.51. The molecular formula is C14H13ClN2O3S. The summed E-state index contributed by atoms with van der Waals surface area (Å²) in [5, 5.41) is 8.97. The zero-order valence-electron chi connectivity index (χ0n) is 11.5. The van der Waals surface area contributed by atoms with Crippen molar-refractivity contribution in [2.45, 2.75) is 18.4 Å². The van der Waals surface area contributed by atoms with Crippen molar-refractivity contribution in [2.24, 2.45) is 0 Å². The quantitative estimate of drug-likeness (QED) is 0.866. The fourth-order valence-corrected chi connectivity index (χ4v) is 3.48. The Hall–Kier alpha value is -1.81. The summed E-state index contributed by atoms with van der Waals surface area (Å²) in [6, 6.07) is 7.78. The summed E-state index contributed by atoms with van der Waals surface area (Å²) in [5.41, 5.74) is 1.01. The van der Waals surface area contributed by atoms with Crippen molar-refractivity contribution in [1.82, 2.24) is 4.31 Å². The van der Waals surface area contributed by atoms with E-state index in [0.717, 1.165) is 5.56 Å². The van der Waals surface area contributed by atoms with Crippen LogP contribution in [-0.2, 0) is 16.6 Å². The second-order valence-electron chi connectivity index (χ2n) is 4.52. The van der Waals surface area contributed by atoms with Crippen LogP contribution >= 0.6 is 11.6 Å². The van der Waals surface area contributed by atoms with Crippen LogP contribution in [0.1, 0.15) is 16.9 Å². The second-order valence-corrected chi connectivity index (χ2v) is 6.94. The Balaban J connectivity index is 2.38. The molecular weight excluding hydrogens is 312 g/mol. The molecule has 0 unspecified atom stereocenters. The number of hydrogen-bond acceptors (Lipinski definition) is 4. The summed E-state index contributed by atoms with van der Waals surface area (Å²) in [7, 11) is -2.33. The van der Waals surface area contributed by atoms with Gasteiger partial charge in [-0.25, -0.2) is 8.42 Å². The molecule has 2 aromatic rings. The van der Waals surface area contributed by atoms with Gasteiger partial charge in [-0.1, -0.05) is 11.6 Å². The van der Waals surface area contributed by atoms with Gasteiger partial charge >= 0.3 is 0 Å². The maximum atomic E-state index is 12.6. The summed E-state index contributed by atoms with van der Waals surface area (Å²) in [5.74, 6) is 0.661. The highest BCUT2D eigenvalue weighted by Gasteiger charge is 2.25. The van der Waals surface area contributed by atoms with E-state index >= 15 is 0 Å². The average Bonchev–Trinajstić information content (AvgIpc) is 2.84. The highest BCUT2D eigenvalue weighted by molar-refractivity contribution is 7.89. The Morgan fingerprint density at radius 2 is 2.10 bits per heavy atom. The molecule has 1 aromatic heterocycles. The number of aryl methyl sites for hydroxylation is 1. The SMILES string of the molecule is Cc1occc1CN(C)S(=O)(=O)c1cc(C#N)ccc1Cl. The zero-order valence-corrected chi connectivity index (χ0v) is 13.1. The molecule has 0 radical (unpaired) electrons. The number of furan rings is 1. The fraction of sp³-hybridized carbons (Fsp3) is 0.214. The number of hydrogen-bond donors (Lipinski definition) is 0. The third-order valence-corrected chi connectivity index (χ3v) is 5.39. The van der Waals surface area contributed by atoms with E-state index in [2.05, 4.69) is 0 Å². The molecule has 2 rings (SSSR count). The molecule has 0 atom stereocenters. The van der Waals surface area contributed by atoms with Crippen LogP contribution in [0.25, 0.3) is 0 Å². The third-order valence-electron chi connectivity index (χ3n) is 3.11. The molecule has 0 aliphatic carbocycles. The van der Waals surface area contributed by atoms with E-state index in [0.29, 0.717) is 5.76 Å². The van der Waals surface area contributed by atoms with E-state index in [9.17, 15) is 8.42 Å². The molecule has 1 heterocycles. The van der Waals surface area contributed by atoms with E-state index in [-0.39, 0.29) is 22.0 Å². The summed E-state index contributed by atoms with van der Waals surface area (Å²) < 4.78 is 31.4. The molecule has 0 saturated carbocycles. The summed E-state index contributed by atoms with van der Waals surface area (Å²) in [6.45, 7) is 1.93. The van der Waals surface area contributed by atoms with Gasteiger partial charge in [0.15, 0.2) is 0 Å². The van der Waals surface area contributed by atoms with E-state index in [1.54, 1.807) is 13.0 Å². The van der Waals surface area contributed by atoms with Crippen LogP contribution in [0.15, 0.2) is 39.8 Å². The number of nitrogens with zero attached hydrogens (tertiary/aromatic N) is 2. The van der Waals surface area contributed by atoms with Gasteiger partial charge in [-0.3, -0.25) is 0 Å². The van der Waals surface area contributed by atoms with Crippen molar-refractivity contribution in [3.05, 3.63) is 52.4 Å². The van der Waals surface area contributed by atoms with Gasteiger partial charge in [0.1, 0.15) is 10.7 Å². The van der Waals surface area contributed by atoms with Crippen molar-refractivity contribution < 1.29 is 12.8 Å². The molecule has 0 bridgehead atoms. The Kier molecular flexibility index (Phi) is 4.37. The number of sulfonamides is 1. The molecule has 0 spiro atoms. The Bertz CT molecular complexity index is 806. The Morgan fingerprint density at radius 1 is 1.38 bits per heavy atom. The highest BCUT2D eigenvalue weighted by Crippen LogP contribution is 2.26. The van der Waals surface area contributed by atoms with E-state index in [4.69, 9.17) is 21.3 Å². The lowest BCUT2D eigenvalue weighted by Crippen LogP contribution is -2.27. The average molecular weight is 325 g/mol. The van der Waals surface area contributed by atoms with Gasteiger partial charge in [0, 0.05) is 19.2 Å². The fourth-order valence-electron chi connectivity index (χ4n) is 1.84. The zero-order chi connectivity index (χ0) is 15.6. The van der Waals surface area contributed by atoms with Crippen molar-refractivity contribution >= 4 is 21.6 Å². The predicted molar refractivity (Wildman–Crippen MR) is 78.3 cm³/mol. The van der Waals surface area contributed by atoms with Crippen LogP contribution in [0, 0.1) is 18.3 Å². The maximum Gasteiger partial charge on any atom is 0.244 e. The largest absolute Gasteiger partial charge is 0.469 e. The summed E-state index contributed by atoms with van der Waals surface area (Å²) in [4.78, 5) is -0.0770. The first kappa shape index (κ1) is 15.6. The Morgan fingerprint density at radius 3 is 2.67 bits per heavy atom. The lowest BCUT2D eigenvalue weighted by Gasteiger charge is -2.17. The van der Waals surface area contributed by atoms with Gasteiger partial charge < -0.3 is 4.42 Å². The van der Waals surface area contributed by atoms with Crippen LogP contribution in [0.5, 0.6) is 0 Å². The van der Waals surface area contributed by atoms with Crippen molar-refractivity contribution in [2.75, 3.05) is 7.05 Å². The molecule has 1 aromatic carbocycles. The van der Waals surface area contributed by atoms with E-state index in [1.807, 2.05) is 6.07 Å². The van der Waals surface area contributed by atoms with Crippen LogP contribution < -0.4 is 0 Å². The van der Waals surface area contributed by atoms with Gasteiger partial charge in [-0.2, -0.15) is 9.57 Å². The highest BCUT2D eigenvalue weighted by atomic mass is 35.5. The number of halogens is 1.